The lowest BCUT2D eigenvalue weighted by molar-refractivity contribution is -0.141. The lowest BCUT2D eigenvalue weighted by Gasteiger charge is -2.41. The molecule has 3 rings (SSSR count). The average molecular weight is 288 g/mol. The summed E-state index contributed by atoms with van der Waals surface area (Å²) in [7, 11) is 0. The van der Waals surface area contributed by atoms with Gasteiger partial charge in [0.05, 0.1) is 12.1 Å². The van der Waals surface area contributed by atoms with Crippen molar-refractivity contribution in [1.29, 1.82) is 0 Å². The molecule has 0 saturated carbocycles. The van der Waals surface area contributed by atoms with Crippen LogP contribution in [-0.2, 0) is 4.79 Å². The molecule has 2 aliphatic heterocycles. The van der Waals surface area contributed by atoms with E-state index in [1.165, 1.54) is 18.6 Å². The Kier molecular flexibility index (Phi) is 3.86. The standard InChI is InChI=1S/C15H20N4O2/c1-11-2-6-18(7-3-11)14(20)12-9-19(10-12)15(21)13-8-16-4-5-17-13/h4-5,8,11-12H,2-3,6-7,9-10H2,1H3. The number of aromatic nitrogens is 2. The molecule has 0 spiro atoms. The summed E-state index contributed by atoms with van der Waals surface area (Å²) in [4.78, 5) is 36.0. The first-order chi connectivity index (χ1) is 10.1. The van der Waals surface area contributed by atoms with E-state index >= 15 is 0 Å². The number of carbonyl (C=O) groups excluding carboxylic acids is 2. The SMILES string of the molecule is CC1CCN(C(=O)C2CN(C(=O)c3cnccn3)C2)CC1. The smallest absolute Gasteiger partial charge is 0.274 e. The lowest BCUT2D eigenvalue weighted by atomic mass is 9.94. The minimum Gasteiger partial charge on any atom is -0.342 e. The summed E-state index contributed by atoms with van der Waals surface area (Å²) in [5, 5.41) is 0. The van der Waals surface area contributed by atoms with Gasteiger partial charge >= 0.3 is 0 Å². The van der Waals surface area contributed by atoms with E-state index in [4.69, 9.17) is 0 Å². The van der Waals surface area contributed by atoms with Gasteiger partial charge in [0, 0.05) is 38.6 Å². The fourth-order valence-corrected chi connectivity index (χ4v) is 2.86. The van der Waals surface area contributed by atoms with Gasteiger partial charge in [0.25, 0.3) is 5.91 Å². The lowest BCUT2D eigenvalue weighted by Crippen LogP contribution is -2.57. The van der Waals surface area contributed by atoms with Crippen molar-refractivity contribution in [1.82, 2.24) is 19.8 Å². The zero-order valence-electron chi connectivity index (χ0n) is 12.2. The molecular formula is C15H20N4O2. The molecule has 0 atom stereocenters. The molecule has 3 heterocycles. The molecule has 6 nitrogen and oxygen atoms in total. The van der Waals surface area contributed by atoms with Crippen molar-refractivity contribution >= 4 is 11.8 Å². The summed E-state index contributed by atoms with van der Waals surface area (Å²) < 4.78 is 0. The summed E-state index contributed by atoms with van der Waals surface area (Å²) in [6, 6.07) is 0. The van der Waals surface area contributed by atoms with Crippen LogP contribution >= 0.6 is 0 Å². The third-order valence-electron chi connectivity index (χ3n) is 4.40. The fourth-order valence-electron chi connectivity index (χ4n) is 2.86. The Morgan fingerprint density at radius 2 is 1.86 bits per heavy atom. The number of likely N-dealkylation sites (tertiary alicyclic amines) is 2. The predicted molar refractivity (Wildman–Crippen MR) is 76.4 cm³/mol. The molecule has 6 heteroatoms. The molecule has 0 radical (unpaired) electrons. The monoisotopic (exact) mass is 288 g/mol. The van der Waals surface area contributed by atoms with Crippen LogP contribution in [0.15, 0.2) is 18.6 Å². The van der Waals surface area contributed by atoms with Crippen LogP contribution in [0, 0.1) is 11.8 Å². The van der Waals surface area contributed by atoms with E-state index in [1.807, 2.05) is 4.90 Å². The van der Waals surface area contributed by atoms with Crippen LogP contribution in [0.25, 0.3) is 0 Å². The van der Waals surface area contributed by atoms with Gasteiger partial charge in [-0.15, -0.1) is 0 Å². The second-order valence-corrected chi connectivity index (χ2v) is 6.01. The summed E-state index contributed by atoms with van der Waals surface area (Å²) in [5.74, 6) is 0.730. The minimum absolute atomic E-state index is 0.0426. The largest absolute Gasteiger partial charge is 0.342 e. The van der Waals surface area contributed by atoms with Crippen molar-refractivity contribution in [2.75, 3.05) is 26.2 Å². The number of piperidine rings is 1. The maximum Gasteiger partial charge on any atom is 0.274 e. The zero-order chi connectivity index (χ0) is 14.8. The maximum atomic E-state index is 12.4. The Labute approximate surface area is 124 Å². The van der Waals surface area contributed by atoms with Gasteiger partial charge in [0.2, 0.25) is 5.91 Å². The molecule has 0 bridgehead atoms. The summed E-state index contributed by atoms with van der Waals surface area (Å²) >= 11 is 0. The predicted octanol–water partition coefficient (Wildman–Crippen LogP) is 0.807. The number of amides is 2. The first kappa shape index (κ1) is 14.0. The molecule has 0 aliphatic carbocycles. The van der Waals surface area contributed by atoms with Gasteiger partial charge in [0.15, 0.2) is 0 Å². The topological polar surface area (TPSA) is 66.4 Å². The second-order valence-electron chi connectivity index (χ2n) is 6.01. The Hall–Kier alpha value is -1.98. The van der Waals surface area contributed by atoms with Crippen molar-refractivity contribution in [3.63, 3.8) is 0 Å². The number of nitrogens with zero attached hydrogens (tertiary/aromatic N) is 4. The maximum absolute atomic E-state index is 12.4. The normalized spacial score (nSPS) is 20.2. The first-order valence-electron chi connectivity index (χ1n) is 7.49. The van der Waals surface area contributed by atoms with E-state index in [0.717, 1.165) is 25.9 Å². The van der Waals surface area contributed by atoms with E-state index < -0.39 is 0 Å². The number of carbonyl (C=O) groups is 2. The third-order valence-corrected chi connectivity index (χ3v) is 4.40. The molecule has 2 amide bonds. The summed E-state index contributed by atoms with van der Waals surface area (Å²) in [6.45, 7) is 4.94. The first-order valence-corrected chi connectivity index (χ1v) is 7.49. The van der Waals surface area contributed by atoms with Gasteiger partial charge in [0.1, 0.15) is 5.69 Å². The van der Waals surface area contributed by atoms with Crippen molar-refractivity contribution in [2.45, 2.75) is 19.8 Å². The van der Waals surface area contributed by atoms with E-state index in [9.17, 15) is 9.59 Å². The third kappa shape index (κ3) is 2.89. The Bertz CT molecular complexity index is 520. The van der Waals surface area contributed by atoms with Crippen molar-refractivity contribution in [2.24, 2.45) is 11.8 Å². The van der Waals surface area contributed by atoms with Gasteiger partial charge < -0.3 is 9.80 Å². The number of hydrogen-bond donors (Lipinski definition) is 0. The molecule has 1 aromatic heterocycles. The van der Waals surface area contributed by atoms with Crippen molar-refractivity contribution < 1.29 is 9.59 Å². The quantitative estimate of drug-likeness (QED) is 0.807. The van der Waals surface area contributed by atoms with Crippen LogP contribution in [-0.4, -0.2) is 57.8 Å². The molecule has 2 aliphatic rings. The van der Waals surface area contributed by atoms with Gasteiger partial charge in [-0.2, -0.15) is 0 Å². The fraction of sp³-hybridized carbons (Fsp3) is 0.600. The highest BCUT2D eigenvalue weighted by atomic mass is 16.2. The van der Waals surface area contributed by atoms with Gasteiger partial charge in [-0.1, -0.05) is 6.92 Å². The highest BCUT2D eigenvalue weighted by molar-refractivity contribution is 5.94. The molecule has 21 heavy (non-hydrogen) atoms. The van der Waals surface area contributed by atoms with Crippen LogP contribution in [0.4, 0.5) is 0 Å². The average Bonchev–Trinajstić information content (AvgIpc) is 2.47. The van der Waals surface area contributed by atoms with Crippen LogP contribution < -0.4 is 0 Å². The Morgan fingerprint density at radius 3 is 2.48 bits per heavy atom. The van der Waals surface area contributed by atoms with Gasteiger partial charge in [-0.3, -0.25) is 14.6 Å². The van der Waals surface area contributed by atoms with Crippen LogP contribution in [0.1, 0.15) is 30.3 Å². The van der Waals surface area contributed by atoms with E-state index in [0.29, 0.717) is 24.7 Å². The zero-order valence-corrected chi connectivity index (χ0v) is 12.2. The van der Waals surface area contributed by atoms with Crippen LogP contribution in [0.5, 0.6) is 0 Å². The second kappa shape index (κ2) is 5.79. The van der Waals surface area contributed by atoms with Gasteiger partial charge in [-0.25, -0.2) is 4.98 Å². The summed E-state index contributed by atoms with van der Waals surface area (Å²) in [6.07, 6.45) is 6.67. The van der Waals surface area contributed by atoms with E-state index in [2.05, 4.69) is 16.9 Å². The van der Waals surface area contributed by atoms with Crippen molar-refractivity contribution in [3.8, 4) is 0 Å². The molecule has 112 valence electrons. The van der Waals surface area contributed by atoms with Gasteiger partial charge in [-0.05, 0) is 18.8 Å². The molecular weight excluding hydrogens is 268 g/mol. The number of hydrogen-bond acceptors (Lipinski definition) is 4. The minimum atomic E-state index is -0.139. The number of rotatable bonds is 2. The summed E-state index contributed by atoms with van der Waals surface area (Å²) in [5.41, 5.74) is 0.343. The van der Waals surface area contributed by atoms with Crippen LogP contribution in [0.2, 0.25) is 0 Å². The highest BCUT2D eigenvalue weighted by Gasteiger charge is 2.39. The molecule has 1 aromatic rings. The Balaban J connectivity index is 1.51. The molecule has 0 N–H and O–H groups in total. The molecule has 0 aromatic carbocycles. The van der Waals surface area contributed by atoms with E-state index in [-0.39, 0.29) is 17.7 Å². The van der Waals surface area contributed by atoms with Crippen molar-refractivity contribution in [3.05, 3.63) is 24.3 Å². The van der Waals surface area contributed by atoms with E-state index in [1.54, 1.807) is 4.90 Å². The Morgan fingerprint density at radius 1 is 1.14 bits per heavy atom. The molecule has 0 unspecified atom stereocenters. The molecule has 2 saturated heterocycles. The van der Waals surface area contributed by atoms with Crippen LogP contribution in [0.3, 0.4) is 0 Å². The highest BCUT2D eigenvalue weighted by Crippen LogP contribution is 2.23. The molecule has 2 fully saturated rings.